The first-order chi connectivity index (χ1) is 6.19. The first kappa shape index (κ1) is 9.46. The molecule has 0 unspecified atom stereocenters. The van der Waals surface area contributed by atoms with Crippen LogP contribution in [0.15, 0.2) is 0 Å². The molecule has 0 radical (unpaired) electrons. The maximum absolute atomic E-state index is 8.55. The molecule has 0 fully saturated rings. The number of hydrogen-bond donors (Lipinski definition) is 0. The number of nitriles is 1. The molecule has 0 aliphatic carbocycles. The Bertz CT molecular complexity index is 355. The predicted octanol–water partition coefficient (Wildman–Crippen LogP) is 1.17. The van der Waals surface area contributed by atoms with Gasteiger partial charge in [-0.15, -0.1) is 0 Å². The molecule has 0 atom stereocenters. The van der Waals surface area contributed by atoms with E-state index in [1.165, 1.54) is 0 Å². The first-order valence-electron chi connectivity index (χ1n) is 3.94. The standard InChI is InChI=1S/C9H11N3O/c1-6-8(4-5-10)11-7(2)12-9(6)13-3/h4H2,1-3H3. The summed E-state index contributed by atoms with van der Waals surface area (Å²) in [4.78, 5) is 8.25. The Morgan fingerprint density at radius 1 is 1.38 bits per heavy atom. The van der Waals surface area contributed by atoms with Crippen LogP contribution in [-0.4, -0.2) is 17.1 Å². The van der Waals surface area contributed by atoms with Gasteiger partial charge in [0.05, 0.1) is 25.3 Å². The van der Waals surface area contributed by atoms with E-state index in [2.05, 4.69) is 16.0 Å². The SMILES string of the molecule is COc1nc(C)nc(CC#N)c1C. The Hall–Kier alpha value is -1.63. The van der Waals surface area contributed by atoms with Crippen molar-refractivity contribution >= 4 is 0 Å². The molecule has 0 N–H and O–H groups in total. The molecule has 0 saturated carbocycles. The largest absolute Gasteiger partial charge is 0.481 e. The number of ether oxygens (including phenoxy) is 1. The van der Waals surface area contributed by atoms with E-state index in [1.54, 1.807) is 14.0 Å². The zero-order chi connectivity index (χ0) is 9.84. The molecule has 0 amide bonds. The molecule has 0 spiro atoms. The summed E-state index contributed by atoms with van der Waals surface area (Å²) in [6, 6.07) is 2.06. The van der Waals surface area contributed by atoms with Gasteiger partial charge in [0.25, 0.3) is 0 Å². The number of nitrogens with zero attached hydrogens (tertiary/aromatic N) is 3. The molecule has 0 aliphatic heterocycles. The van der Waals surface area contributed by atoms with Gasteiger partial charge < -0.3 is 4.74 Å². The van der Waals surface area contributed by atoms with Gasteiger partial charge in [-0.25, -0.2) is 4.98 Å². The third-order valence-corrected chi connectivity index (χ3v) is 1.75. The molecule has 1 heterocycles. The van der Waals surface area contributed by atoms with E-state index >= 15 is 0 Å². The van der Waals surface area contributed by atoms with Crippen molar-refractivity contribution in [3.8, 4) is 11.9 Å². The van der Waals surface area contributed by atoms with Crippen molar-refractivity contribution in [2.24, 2.45) is 0 Å². The third kappa shape index (κ3) is 1.94. The lowest BCUT2D eigenvalue weighted by Crippen LogP contribution is -2.02. The number of hydrogen-bond acceptors (Lipinski definition) is 4. The van der Waals surface area contributed by atoms with Gasteiger partial charge in [0, 0.05) is 5.56 Å². The van der Waals surface area contributed by atoms with Gasteiger partial charge in [-0.1, -0.05) is 0 Å². The summed E-state index contributed by atoms with van der Waals surface area (Å²) in [5.74, 6) is 1.19. The molecule has 0 aromatic carbocycles. The van der Waals surface area contributed by atoms with Gasteiger partial charge in [0.2, 0.25) is 5.88 Å². The minimum absolute atomic E-state index is 0.297. The quantitative estimate of drug-likeness (QED) is 0.680. The summed E-state index contributed by atoms with van der Waals surface area (Å²) in [6.45, 7) is 3.63. The number of methoxy groups -OCH3 is 1. The van der Waals surface area contributed by atoms with Gasteiger partial charge >= 0.3 is 0 Å². The number of rotatable bonds is 2. The Labute approximate surface area is 77.2 Å². The lowest BCUT2D eigenvalue weighted by molar-refractivity contribution is 0.391. The van der Waals surface area contributed by atoms with E-state index < -0.39 is 0 Å². The minimum atomic E-state index is 0.297. The van der Waals surface area contributed by atoms with Gasteiger partial charge in [-0.2, -0.15) is 10.2 Å². The topological polar surface area (TPSA) is 58.8 Å². The molecular weight excluding hydrogens is 166 g/mol. The second-order valence-electron chi connectivity index (χ2n) is 2.69. The summed E-state index contributed by atoms with van der Waals surface area (Å²) in [7, 11) is 1.56. The lowest BCUT2D eigenvalue weighted by Gasteiger charge is -2.06. The Morgan fingerprint density at radius 2 is 2.08 bits per heavy atom. The minimum Gasteiger partial charge on any atom is -0.481 e. The molecular formula is C9H11N3O. The smallest absolute Gasteiger partial charge is 0.219 e. The maximum Gasteiger partial charge on any atom is 0.219 e. The summed E-state index contributed by atoms with van der Waals surface area (Å²) in [5, 5.41) is 8.55. The molecule has 4 nitrogen and oxygen atoms in total. The van der Waals surface area contributed by atoms with Crippen LogP contribution in [0.5, 0.6) is 5.88 Å². The van der Waals surface area contributed by atoms with E-state index in [1.807, 2.05) is 6.92 Å². The predicted molar refractivity (Wildman–Crippen MR) is 47.4 cm³/mol. The average molecular weight is 177 g/mol. The van der Waals surface area contributed by atoms with Gasteiger partial charge in [0.1, 0.15) is 5.82 Å². The number of aromatic nitrogens is 2. The molecule has 1 rings (SSSR count). The molecule has 1 aromatic rings. The molecule has 68 valence electrons. The highest BCUT2D eigenvalue weighted by Crippen LogP contribution is 2.17. The monoisotopic (exact) mass is 177 g/mol. The van der Waals surface area contributed by atoms with Crippen molar-refractivity contribution in [3.63, 3.8) is 0 Å². The summed E-state index contributed by atoms with van der Waals surface area (Å²) >= 11 is 0. The van der Waals surface area contributed by atoms with E-state index in [0.717, 1.165) is 11.3 Å². The fourth-order valence-corrected chi connectivity index (χ4v) is 1.10. The van der Waals surface area contributed by atoms with Gasteiger partial charge in [-0.3, -0.25) is 0 Å². The maximum atomic E-state index is 8.55. The van der Waals surface area contributed by atoms with Crippen LogP contribution in [0, 0.1) is 25.2 Å². The molecule has 1 aromatic heterocycles. The number of aryl methyl sites for hydroxylation is 1. The van der Waals surface area contributed by atoms with Crippen LogP contribution in [0.25, 0.3) is 0 Å². The van der Waals surface area contributed by atoms with Crippen molar-refractivity contribution in [3.05, 3.63) is 17.1 Å². The van der Waals surface area contributed by atoms with Crippen molar-refractivity contribution in [2.45, 2.75) is 20.3 Å². The third-order valence-electron chi connectivity index (χ3n) is 1.75. The summed E-state index contributed by atoms with van der Waals surface area (Å²) < 4.78 is 5.05. The summed E-state index contributed by atoms with van der Waals surface area (Å²) in [6.07, 6.45) is 0.297. The second kappa shape index (κ2) is 3.85. The second-order valence-corrected chi connectivity index (χ2v) is 2.69. The lowest BCUT2D eigenvalue weighted by atomic mass is 10.2. The summed E-state index contributed by atoms with van der Waals surface area (Å²) in [5.41, 5.74) is 1.58. The van der Waals surface area contributed by atoms with Crippen LogP contribution in [0.2, 0.25) is 0 Å². The van der Waals surface area contributed by atoms with E-state index in [4.69, 9.17) is 10.00 Å². The molecule has 4 heteroatoms. The zero-order valence-electron chi connectivity index (χ0n) is 7.96. The van der Waals surface area contributed by atoms with Crippen LogP contribution in [0.3, 0.4) is 0 Å². The average Bonchev–Trinajstić information content (AvgIpc) is 2.11. The van der Waals surface area contributed by atoms with Gasteiger partial charge in [-0.05, 0) is 13.8 Å². The van der Waals surface area contributed by atoms with E-state index in [9.17, 15) is 0 Å². The van der Waals surface area contributed by atoms with Crippen LogP contribution >= 0.6 is 0 Å². The molecule has 0 bridgehead atoms. The van der Waals surface area contributed by atoms with Crippen molar-refractivity contribution in [2.75, 3.05) is 7.11 Å². The highest BCUT2D eigenvalue weighted by molar-refractivity contribution is 5.30. The molecule has 0 saturated heterocycles. The fraction of sp³-hybridized carbons (Fsp3) is 0.444. The van der Waals surface area contributed by atoms with Crippen LogP contribution in [-0.2, 0) is 6.42 Å². The van der Waals surface area contributed by atoms with Crippen molar-refractivity contribution < 1.29 is 4.74 Å². The van der Waals surface area contributed by atoms with Crippen LogP contribution in [0.1, 0.15) is 17.1 Å². The highest BCUT2D eigenvalue weighted by atomic mass is 16.5. The highest BCUT2D eigenvalue weighted by Gasteiger charge is 2.08. The zero-order valence-corrected chi connectivity index (χ0v) is 7.96. The Morgan fingerprint density at radius 3 is 2.62 bits per heavy atom. The molecule has 0 aliphatic rings. The van der Waals surface area contributed by atoms with E-state index in [0.29, 0.717) is 18.1 Å². The Balaban J connectivity index is 3.20. The normalized spacial score (nSPS) is 9.38. The van der Waals surface area contributed by atoms with Gasteiger partial charge in [0.15, 0.2) is 0 Å². The van der Waals surface area contributed by atoms with E-state index in [-0.39, 0.29) is 0 Å². The van der Waals surface area contributed by atoms with Crippen molar-refractivity contribution in [1.82, 2.24) is 9.97 Å². The Kier molecular flexibility index (Phi) is 2.80. The first-order valence-corrected chi connectivity index (χ1v) is 3.94. The van der Waals surface area contributed by atoms with Crippen molar-refractivity contribution in [1.29, 1.82) is 5.26 Å². The molecule has 13 heavy (non-hydrogen) atoms. The fourth-order valence-electron chi connectivity index (χ4n) is 1.10. The van der Waals surface area contributed by atoms with Crippen LogP contribution < -0.4 is 4.74 Å². The van der Waals surface area contributed by atoms with Crippen LogP contribution in [0.4, 0.5) is 0 Å².